The van der Waals surface area contributed by atoms with Gasteiger partial charge in [-0.15, -0.1) is 0 Å². The van der Waals surface area contributed by atoms with Gasteiger partial charge in [0.05, 0.1) is 0 Å². The molecule has 0 N–H and O–H groups in total. The van der Waals surface area contributed by atoms with E-state index in [-0.39, 0.29) is 35.3 Å². The molecular formula is C21H42F3O2P2Ru. The average Bonchev–Trinajstić information content (AvgIpc) is 2.46. The SMILES string of the molecule is CP(C(C)(C)C)C(C)(C)C.CP(C(C)(C)C)C(C)(C)C.F[C-](F)F.[13C-]#[O+].[C-]#[O+].[Ru+]. The molecule has 1 radical (unpaired) electrons. The van der Waals surface area contributed by atoms with Crippen molar-refractivity contribution in [2.75, 3.05) is 13.3 Å². The van der Waals surface area contributed by atoms with E-state index in [0.717, 1.165) is 0 Å². The Labute approximate surface area is 194 Å². The second kappa shape index (κ2) is 19.4. The molecule has 0 fully saturated rings. The van der Waals surface area contributed by atoms with Gasteiger partial charge in [-0.3, -0.25) is 0 Å². The summed E-state index contributed by atoms with van der Waals surface area (Å²) in [5.74, 6) is 0. The van der Waals surface area contributed by atoms with Crippen LogP contribution in [-0.2, 0) is 28.8 Å². The van der Waals surface area contributed by atoms with Crippen molar-refractivity contribution in [3.8, 4) is 0 Å². The number of hydrogen-bond donors (Lipinski definition) is 0. The maximum absolute atomic E-state index is 9.58. The Hall–Kier alpha value is 0.753. The van der Waals surface area contributed by atoms with Gasteiger partial charge < -0.3 is 13.2 Å². The maximum atomic E-state index is 9.58. The van der Waals surface area contributed by atoms with Gasteiger partial charge in [-0.1, -0.05) is 98.9 Å². The molecule has 8 heteroatoms. The summed E-state index contributed by atoms with van der Waals surface area (Å²) in [6, 6.07) is 0. The number of halogens is 3. The molecule has 29 heavy (non-hydrogen) atoms. The molecule has 0 aromatic carbocycles. The summed E-state index contributed by atoms with van der Waals surface area (Å²) >= 11 is 0. The van der Waals surface area contributed by atoms with Crippen LogP contribution in [0.15, 0.2) is 0 Å². The van der Waals surface area contributed by atoms with E-state index in [0.29, 0.717) is 20.6 Å². The van der Waals surface area contributed by atoms with Crippen molar-refractivity contribution >= 4 is 15.8 Å². The molecule has 0 saturated carbocycles. The standard InChI is InChI=1S/2C9H21P.CF3.2CO.Ru/c2*1-8(2,3)10(7)9(4,5)6;2-1(3)4;2*1-2;/h2*1-7H3;;;;/q;;-1;;;+1/i;;;1+1;;. The largest absolute Gasteiger partial charge is 1.00 e. The Morgan fingerprint density at radius 1 is 0.517 bits per heavy atom. The van der Waals surface area contributed by atoms with Crippen LogP contribution in [0.1, 0.15) is 83.1 Å². The zero-order valence-corrected chi connectivity index (χ0v) is 24.2. The van der Waals surface area contributed by atoms with E-state index in [9.17, 15) is 13.2 Å². The van der Waals surface area contributed by atoms with Crippen LogP contribution in [0, 0.1) is 20.0 Å². The van der Waals surface area contributed by atoms with E-state index < -0.39 is 6.68 Å². The predicted octanol–water partition coefficient (Wildman–Crippen LogP) is 8.65. The van der Waals surface area contributed by atoms with Crippen LogP contribution in [0.4, 0.5) is 13.2 Å². The smallest absolute Gasteiger partial charge is 1.00 e. The molecule has 0 atom stereocenters. The number of rotatable bonds is 0. The molecule has 0 rings (SSSR count). The quantitative estimate of drug-likeness (QED) is 0.0958. The summed E-state index contributed by atoms with van der Waals surface area (Å²) in [4.78, 5) is 0. The first-order chi connectivity index (χ1) is 12.0. The van der Waals surface area contributed by atoms with Crippen LogP contribution in [0.5, 0.6) is 0 Å². The first kappa shape index (κ1) is 43.6. The minimum Gasteiger partial charge on any atom is 1.00 e. The molecule has 0 aliphatic carbocycles. The molecule has 0 saturated heterocycles. The summed E-state index contributed by atoms with van der Waals surface area (Å²) in [7, 11) is 0.275. The van der Waals surface area contributed by atoms with Gasteiger partial charge in [0, 0.05) is 0 Å². The van der Waals surface area contributed by atoms with Crippen molar-refractivity contribution in [2.24, 2.45) is 0 Å². The molecule has 177 valence electrons. The van der Waals surface area contributed by atoms with Gasteiger partial charge in [0.15, 0.2) is 6.68 Å². The van der Waals surface area contributed by atoms with Gasteiger partial charge >= 0.3 is 42.1 Å². The van der Waals surface area contributed by atoms with Crippen molar-refractivity contribution in [1.29, 1.82) is 0 Å². The Kier molecular flexibility index (Phi) is 29.2. The van der Waals surface area contributed by atoms with Crippen LogP contribution >= 0.6 is 15.8 Å². The van der Waals surface area contributed by atoms with Crippen molar-refractivity contribution < 1.29 is 42.0 Å². The first-order valence-electron chi connectivity index (χ1n) is 8.76. The fourth-order valence-corrected chi connectivity index (χ4v) is 6.04. The summed E-state index contributed by atoms with van der Waals surface area (Å²) in [6.45, 7) is 38.8. The van der Waals surface area contributed by atoms with Crippen LogP contribution in [0.2, 0.25) is 0 Å². The molecule has 0 spiro atoms. The van der Waals surface area contributed by atoms with E-state index in [2.05, 4.69) is 110 Å². The fourth-order valence-electron chi connectivity index (χ4n) is 2.01. The predicted molar refractivity (Wildman–Crippen MR) is 119 cm³/mol. The molecule has 0 unspecified atom stereocenters. The Morgan fingerprint density at radius 2 is 0.586 bits per heavy atom. The Morgan fingerprint density at radius 3 is 0.586 bits per heavy atom. The van der Waals surface area contributed by atoms with Gasteiger partial charge in [-0.2, -0.15) is 0 Å². The third kappa shape index (κ3) is 33.6. The molecule has 0 heterocycles. The zero-order chi connectivity index (χ0) is 24.7. The van der Waals surface area contributed by atoms with Gasteiger partial charge in [0.1, 0.15) is 0 Å². The van der Waals surface area contributed by atoms with E-state index in [1.807, 2.05) is 0 Å². The summed E-state index contributed by atoms with van der Waals surface area (Å²) in [6.07, 6.45) is 0. The zero-order valence-electron chi connectivity index (χ0n) is 20.7. The summed E-state index contributed by atoms with van der Waals surface area (Å²) in [5, 5.41) is 2.03. The second-order valence-electron chi connectivity index (χ2n) is 10.0. The minimum absolute atomic E-state index is 0. The van der Waals surface area contributed by atoms with E-state index in [1.54, 1.807) is 0 Å². The molecule has 0 aromatic rings. The maximum Gasteiger partial charge on any atom is 1.00 e. The average molecular weight is 548 g/mol. The molecule has 0 aliphatic heterocycles. The molecule has 0 bridgehead atoms. The molecule has 2 nitrogen and oxygen atoms in total. The van der Waals surface area contributed by atoms with Crippen LogP contribution in [0.3, 0.4) is 0 Å². The van der Waals surface area contributed by atoms with Crippen molar-refractivity contribution in [3.05, 3.63) is 20.0 Å². The van der Waals surface area contributed by atoms with Gasteiger partial charge in [0.25, 0.3) is 0 Å². The molecule has 0 amide bonds. The van der Waals surface area contributed by atoms with Gasteiger partial charge in [-0.05, 0) is 34.0 Å². The van der Waals surface area contributed by atoms with Gasteiger partial charge in [-0.25, -0.2) is 0 Å². The van der Waals surface area contributed by atoms with Crippen molar-refractivity contribution in [3.63, 3.8) is 0 Å². The van der Waals surface area contributed by atoms with E-state index in [1.165, 1.54) is 0 Å². The third-order valence-corrected chi connectivity index (χ3v) is 12.1. The van der Waals surface area contributed by atoms with Crippen LogP contribution in [-0.4, -0.2) is 34.0 Å². The monoisotopic (exact) mass is 548 g/mol. The van der Waals surface area contributed by atoms with Crippen LogP contribution < -0.4 is 0 Å². The van der Waals surface area contributed by atoms with Gasteiger partial charge in [0.2, 0.25) is 0 Å². The topological polar surface area (TPSA) is 39.8 Å². The van der Waals surface area contributed by atoms with E-state index in [4.69, 9.17) is 9.30 Å². The molecular weight excluding hydrogens is 505 g/mol. The minimum atomic E-state index is -3.08. The Bertz CT molecular complexity index is 336. The molecule has 0 aliphatic rings. The normalized spacial score (nSPS) is 11.3. The van der Waals surface area contributed by atoms with Crippen molar-refractivity contribution in [2.45, 2.75) is 104 Å². The third-order valence-electron chi connectivity index (χ3n) is 4.02. The molecule has 0 aromatic heterocycles. The van der Waals surface area contributed by atoms with E-state index >= 15 is 0 Å². The Balaban J connectivity index is -0.0000000656. The second-order valence-corrected chi connectivity index (χ2v) is 17.6. The summed E-state index contributed by atoms with van der Waals surface area (Å²) < 4.78 is 43.8. The van der Waals surface area contributed by atoms with Crippen LogP contribution in [0.25, 0.3) is 0 Å². The van der Waals surface area contributed by atoms with Crippen molar-refractivity contribution in [1.82, 2.24) is 0 Å². The summed E-state index contributed by atoms with van der Waals surface area (Å²) in [5.41, 5.74) is 0. The fraction of sp³-hybridized carbons (Fsp3) is 0.857. The number of hydrogen-bond acceptors (Lipinski definition) is 0. The first-order valence-corrected chi connectivity index (χ1v) is 12.3.